The van der Waals surface area contributed by atoms with E-state index in [1.807, 2.05) is 0 Å². The van der Waals surface area contributed by atoms with Gasteiger partial charge in [0.25, 0.3) is 0 Å². The molecule has 0 N–H and O–H groups in total. The van der Waals surface area contributed by atoms with Crippen LogP contribution in [0, 0.1) is 11.8 Å². The van der Waals surface area contributed by atoms with E-state index in [-0.39, 0.29) is 48.1 Å². The van der Waals surface area contributed by atoms with Crippen molar-refractivity contribution >= 4 is 0 Å². The van der Waals surface area contributed by atoms with Gasteiger partial charge in [-0.05, 0) is 0 Å². The van der Waals surface area contributed by atoms with Crippen molar-refractivity contribution in [3.8, 4) is 0 Å². The smallest absolute Gasteiger partial charge is 1.00 e. The van der Waals surface area contributed by atoms with Crippen molar-refractivity contribution in [2.45, 2.75) is 0 Å². The Kier molecular flexibility index (Phi) is 178. The van der Waals surface area contributed by atoms with E-state index < -0.39 is 0 Å². The van der Waals surface area contributed by atoms with Crippen molar-refractivity contribution in [3.05, 3.63) is 6.57 Å². The Labute approximate surface area is 59.6 Å². The molecule has 0 aromatic carbocycles. The van der Waals surface area contributed by atoms with Gasteiger partial charge in [0.2, 0.25) is 0 Å². The van der Waals surface area contributed by atoms with E-state index >= 15 is 0 Å². The zero-order valence-electron chi connectivity index (χ0n) is 3.30. The van der Waals surface area contributed by atoms with E-state index in [2.05, 4.69) is 0 Å². The zero-order valence-corrected chi connectivity index (χ0v) is 5.40. The molecule has 3 heteroatoms. The Morgan fingerprint density at radius 3 is 1.50 bits per heavy atom. The maximum atomic E-state index is 6.25. The van der Waals surface area contributed by atoms with Gasteiger partial charge >= 0.3 is 29.6 Å². The Hall–Kier alpha value is 1.01. The Balaban J connectivity index is -0.00000000167. The molecule has 0 atom stereocenters. The van der Waals surface area contributed by atoms with Gasteiger partial charge in [-0.1, -0.05) is 0 Å². The normalized spacial score (nSPS) is 0.500. The maximum Gasteiger partial charge on any atom is 1.00 e. The third kappa shape index (κ3) is 11.9. The molecule has 20 valence electrons. The molecule has 0 aromatic rings. The minimum Gasteiger partial charge on any atom is -1.00 e. The van der Waals surface area contributed by atoms with Crippen LogP contribution in [-0.2, 0) is 17.1 Å². The zero-order chi connectivity index (χ0) is 2.00. The van der Waals surface area contributed by atoms with Crippen molar-refractivity contribution in [3.63, 3.8) is 0 Å². The topological polar surface area (TPSA) is 23.8 Å². The van der Waals surface area contributed by atoms with Crippen molar-refractivity contribution in [1.82, 2.24) is 0 Å². The fourth-order valence-corrected chi connectivity index (χ4v) is 0. The predicted molar refractivity (Wildman–Crippen MR) is 6.08 cm³/mol. The Morgan fingerprint density at radius 2 is 1.50 bits per heavy atom. The van der Waals surface area contributed by atoms with Gasteiger partial charge < -0.3 is 13.3 Å². The van der Waals surface area contributed by atoms with Crippen molar-refractivity contribution in [2.24, 2.45) is 0 Å². The molecule has 0 aromatic heterocycles. The summed E-state index contributed by atoms with van der Waals surface area (Å²) >= 11 is 0. The standard InChI is InChI=1S/CN.Fe.Na.H/c1-2;;;/q-1;;+1;-1. The molecule has 0 spiro atoms. The van der Waals surface area contributed by atoms with Gasteiger partial charge in [-0.15, -0.1) is 0 Å². The van der Waals surface area contributed by atoms with Crippen molar-refractivity contribution in [1.29, 1.82) is 5.26 Å². The quantitative estimate of drug-likeness (QED) is 0.242. The predicted octanol–water partition coefficient (Wildman–Crippen LogP) is -2.79. The van der Waals surface area contributed by atoms with Crippen LogP contribution in [0.5, 0.6) is 0 Å². The summed E-state index contributed by atoms with van der Waals surface area (Å²) in [5, 5.41) is 6.25. The van der Waals surface area contributed by atoms with E-state index in [0.29, 0.717) is 0 Å². The summed E-state index contributed by atoms with van der Waals surface area (Å²) in [4.78, 5) is 0. The molecule has 4 heavy (non-hydrogen) atoms. The molecule has 0 aliphatic carbocycles. The monoisotopic (exact) mass is 106 g/mol. The number of nitrogens with zero attached hydrogens (tertiary/aromatic N) is 1. The molecular weight excluding hydrogens is 105 g/mol. The summed E-state index contributed by atoms with van der Waals surface area (Å²) in [6.45, 7) is 4.75. The van der Waals surface area contributed by atoms with E-state index in [4.69, 9.17) is 11.8 Å². The van der Waals surface area contributed by atoms with Crippen molar-refractivity contribution in [2.75, 3.05) is 0 Å². The molecule has 0 aliphatic rings. The third-order valence-corrected chi connectivity index (χ3v) is 0. The van der Waals surface area contributed by atoms with Crippen molar-refractivity contribution < 1.29 is 48.1 Å². The molecule has 0 saturated carbocycles. The largest absolute Gasteiger partial charge is 1.00 e. The maximum absolute atomic E-state index is 6.25. The second-order valence-corrected chi connectivity index (χ2v) is 0. The van der Waals surface area contributed by atoms with E-state index in [9.17, 15) is 0 Å². The van der Waals surface area contributed by atoms with Crippen LogP contribution in [0.3, 0.4) is 0 Å². The first-order chi connectivity index (χ1) is 1.00. The van der Waals surface area contributed by atoms with Gasteiger partial charge in [-0.2, -0.15) is 0 Å². The van der Waals surface area contributed by atoms with Crippen LogP contribution >= 0.6 is 0 Å². The Bertz CT molecular complexity index is 16.4. The third-order valence-electron chi connectivity index (χ3n) is 0. The fourth-order valence-electron chi connectivity index (χ4n) is 0. The first-order valence-electron chi connectivity index (χ1n) is 0.224. The summed E-state index contributed by atoms with van der Waals surface area (Å²) in [5.74, 6) is 0. The molecular formula is CHFeNNa-. The van der Waals surface area contributed by atoms with Crippen LogP contribution in [0.1, 0.15) is 1.43 Å². The van der Waals surface area contributed by atoms with Crippen LogP contribution in [-0.4, -0.2) is 0 Å². The van der Waals surface area contributed by atoms with Crippen LogP contribution in [0.4, 0.5) is 0 Å². The number of hydrogen-bond donors (Lipinski definition) is 0. The molecule has 0 radical (unpaired) electrons. The van der Waals surface area contributed by atoms with E-state index in [1.165, 1.54) is 0 Å². The Morgan fingerprint density at radius 1 is 1.50 bits per heavy atom. The summed E-state index contributed by atoms with van der Waals surface area (Å²) in [6.07, 6.45) is 0. The summed E-state index contributed by atoms with van der Waals surface area (Å²) < 4.78 is 0. The van der Waals surface area contributed by atoms with Gasteiger partial charge in [0.1, 0.15) is 0 Å². The summed E-state index contributed by atoms with van der Waals surface area (Å²) in [7, 11) is 0. The minimum atomic E-state index is 0. The fraction of sp³-hybridized carbons (Fsp3) is 0. The molecule has 1 nitrogen and oxygen atoms in total. The van der Waals surface area contributed by atoms with Crippen LogP contribution in [0.25, 0.3) is 0 Å². The molecule has 0 rings (SSSR count). The van der Waals surface area contributed by atoms with Gasteiger partial charge in [-0.25, -0.2) is 0 Å². The van der Waals surface area contributed by atoms with Gasteiger partial charge in [0.15, 0.2) is 0 Å². The molecule has 0 aliphatic heterocycles. The van der Waals surface area contributed by atoms with E-state index in [0.717, 1.165) is 0 Å². The molecule has 0 bridgehead atoms. The van der Waals surface area contributed by atoms with Crippen LogP contribution in [0.15, 0.2) is 0 Å². The van der Waals surface area contributed by atoms with Crippen LogP contribution in [0.2, 0.25) is 0 Å². The first kappa shape index (κ1) is 19.9. The molecule has 0 fully saturated rings. The SMILES string of the molecule is [C-]#N.[Fe].[H-].[Na+]. The summed E-state index contributed by atoms with van der Waals surface area (Å²) in [6, 6.07) is 0. The second-order valence-electron chi connectivity index (χ2n) is 0. The van der Waals surface area contributed by atoms with Gasteiger partial charge in [0, 0.05) is 17.1 Å². The summed E-state index contributed by atoms with van der Waals surface area (Å²) in [5.41, 5.74) is 0. The molecule has 0 unspecified atom stereocenters. The van der Waals surface area contributed by atoms with Gasteiger partial charge in [-0.3, -0.25) is 0 Å². The average Bonchev–Trinajstić information content (AvgIpc) is 1.00. The number of rotatable bonds is 0. The molecule has 0 amide bonds. The average molecular weight is 106 g/mol. The second kappa shape index (κ2) is 35.6. The minimum absolute atomic E-state index is 0. The first-order valence-corrected chi connectivity index (χ1v) is 0.224. The molecule has 0 heterocycles. The van der Waals surface area contributed by atoms with Crippen LogP contribution < -0.4 is 29.6 Å². The van der Waals surface area contributed by atoms with Gasteiger partial charge in [0.05, 0.1) is 0 Å². The van der Waals surface area contributed by atoms with E-state index in [1.54, 1.807) is 0 Å². The molecule has 0 saturated heterocycles. The number of hydrogen-bond acceptors (Lipinski definition) is 1.